The Balaban J connectivity index is 0.00000380. The number of nitrogens with one attached hydrogen (secondary N) is 1. The summed E-state index contributed by atoms with van der Waals surface area (Å²) in [6.07, 6.45) is 0.0143. The summed E-state index contributed by atoms with van der Waals surface area (Å²) in [7, 11) is 0. The van der Waals surface area contributed by atoms with Crippen LogP contribution in [0.5, 0.6) is 0 Å². The normalized spacial score (nSPS) is 22.4. The number of amides is 2. The van der Waals surface area contributed by atoms with Gasteiger partial charge < -0.3 is 30.6 Å². The second kappa shape index (κ2) is 13.3. The zero-order valence-electron chi connectivity index (χ0n) is 19.8. The van der Waals surface area contributed by atoms with Crippen molar-refractivity contribution in [2.24, 2.45) is 5.41 Å². The number of carbonyl (C=O) groups is 4. The molecule has 0 aromatic carbocycles. The molecule has 3 N–H and O–H groups in total. The summed E-state index contributed by atoms with van der Waals surface area (Å²) >= 11 is 6.51. The summed E-state index contributed by atoms with van der Waals surface area (Å²) in [5, 5.41) is 24.7. The van der Waals surface area contributed by atoms with E-state index in [1.807, 2.05) is 0 Å². The van der Waals surface area contributed by atoms with Crippen molar-refractivity contribution in [1.82, 2.24) is 25.4 Å². The number of hydrogen-bond donors (Lipinski definition) is 2. The number of nitrogens with zero attached hydrogens (tertiary/aromatic N) is 4. The first-order valence-electron chi connectivity index (χ1n) is 10.5. The van der Waals surface area contributed by atoms with E-state index in [2.05, 4.69) is 20.5 Å². The summed E-state index contributed by atoms with van der Waals surface area (Å²) in [4.78, 5) is 53.6. The topological polar surface area (TPSA) is 181 Å². The molecule has 0 radical (unpaired) electrons. The molecule has 0 aliphatic carbocycles. The molecule has 2 aromatic rings. The summed E-state index contributed by atoms with van der Waals surface area (Å²) in [5.41, 5.74) is 4.85. The maximum absolute atomic E-state index is 12.7. The molecule has 12 nitrogen and oxygen atoms in total. The average Bonchev–Trinajstić information content (AvgIpc) is 3.46. The molecule has 0 saturated carbocycles. The smallest absolute Gasteiger partial charge is 0.549 e. The molecule has 2 saturated heterocycles. The fourth-order valence-electron chi connectivity index (χ4n) is 3.52. The zero-order valence-corrected chi connectivity index (χ0v) is 25.9. The molecule has 18 heteroatoms. The Hall–Kier alpha value is -1.08. The molecule has 3 atom stereocenters. The molecule has 194 valence electrons. The summed E-state index contributed by atoms with van der Waals surface area (Å²) in [6, 6.07) is -0.708. The number of carboxylic acids is 1. The maximum Gasteiger partial charge on any atom is 1.00 e. The van der Waals surface area contributed by atoms with E-state index in [1.54, 1.807) is 5.38 Å². The number of carboxylic acid groups (broad SMARTS) is 1. The van der Waals surface area contributed by atoms with E-state index in [1.165, 1.54) is 69.8 Å². The SMILES string of the molecule is CC(=O)OCCSc1nnc(SCC2(C(=O)[O-])CS[C@@H]3C(NC(=O)Cc4csc(N)n4)C(=O)N3C2)s1.[Na+]. The number of carbonyl (C=O) groups excluding carboxylic acids is 4. The second-order valence-corrected chi connectivity index (χ2v) is 13.5. The van der Waals surface area contributed by atoms with Gasteiger partial charge in [-0.05, 0) is 0 Å². The third-order valence-corrected chi connectivity index (χ3v) is 11.0. The maximum atomic E-state index is 12.7. The third-order valence-electron chi connectivity index (χ3n) is 5.28. The summed E-state index contributed by atoms with van der Waals surface area (Å²) in [6.45, 7) is 1.60. The number of β-lactam (4-membered cyclic amide) rings is 1. The van der Waals surface area contributed by atoms with Crippen LogP contribution in [0.15, 0.2) is 14.1 Å². The Bertz CT molecular complexity index is 1170. The van der Waals surface area contributed by atoms with E-state index in [0.29, 0.717) is 25.3 Å². The van der Waals surface area contributed by atoms with Gasteiger partial charge in [-0.3, -0.25) is 14.4 Å². The number of hydrogen-bond acceptors (Lipinski definition) is 15. The van der Waals surface area contributed by atoms with Gasteiger partial charge in [0.1, 0.15) is 18.0 Å². The number of esters is 1. The van der Waals surface area contributed by atoms with Crippen molar-refractivity contribution in [2.45, 2.75) is 33.4 Å². The van der Waals surface area contributed by atoms with Gasteiger partial charge in [0.05, 0.1) is 18.1 Å². The van der Waals surface area contributed by atoms with Crippen molar-refractivity contribution < 1.29 is 58.6 Å². The fraction of sp³-hybridized carbons (Fsp3) is 0.526. The number of thioether (sulfide) groups is 3. The third kappa shape index (κ3) is 7.52. The van der Waals surface area contributed by atoms with Crippen LogP contribution in [0.3, 0.4) is 0 Å². The summed E-state index contributed by atoms with van der Waals surface area (Å²) in [5.74, 6) is -1.32. The number of fused-ring (bicyclic) bond motifs is 1. The van der Waals surface area contributed by atoms with E-state index in [0.717, 1.165) is 0 Å². The molecule has 2 aliphatic heterocycles. The Kier molecular flexibility index (Phi) is 11.0. The molecule has 4 rings (SSSR count). The number of ether oxygens (including phenoxy) is 1. The largest absolute Gasteiger partial charge is 1.00 e. The number of nitrogen functional groups attached to an aromatic ring is 1. The number of anilines is 1. The molecule has 0 spiro atoms. The standard InChI is InChI=1S/C19H22N6O6S5.Na/c1-9(26)31-2-3-32-17-23-24-18(36-17)35-8-19(15(29)30)6-25-13(28)12(14(25)34-7-19)22-11(27)4-10-5-33-16(20)21-10;/h5,12,14H,2-4,6-8H2,1H3,(H2,20,21)(H,22,27)(H,29,30);/q;+1/p-1/t12?,14-,19?;/m1./s1. The average molecular weight is 613 g/mol. The molecular formula is C19H21N6NaO6S5. The van der Waals surface area contributed by atoms with Crippen LogP contribution >= 0.6 is 58.0 Å². The minimum Gasteiger partial charge on any atom is -0.549 e. The van der Waals surface area contributed by atoms with Crippen LogP contribution < -0.4 is 45.7 Å². The first-order chi connectivity index (χ1) is 17.2. The Morgan fingerprint density at radius 3 is 2.70 bits per heavy atom. The van der Waals surface area contributed by atoms with Crippen molar-refractivity contribution in [2.75, 3.05) is 36.1 Å². The van der Waals surface area contributed by atoms with Gasteiger partial charge in [0.2, 0.25) is 11.8 Å². The Morgan fingerprint density at radius 1 is 1.32 bits per heavy atom. The molecule has 4 heterocycles. The number of nitrogens with two attached hydrogens (primary N) is 1. The predicted octanol–water partition coefficient (Wildman–Crippen LogP) is -3.29. The molecule has 0 bridgehead atoms. The second-order valence-electron chi connectivity index (χ2n) is 7.95. The Labute approximate surface area is 254 Å². The molecule has 37 heavy (non-hydrogen) atoms. The first kappa shape index (κ1) is 30.5. The van der Waals surface area contributed by atoms with Gasteiger partial charge in [-0.1, -0.05) is 34.9 Å². The number of aliphatic carboxylic acids is 1. The van der Waals surface area contributed by atoms with Crippen molar-refractivity contribution in [3.05, 3.63) is 11.1 Å². The quantitative estimate of drug-likeness (QED) is 0.0848. The molecule has 2 aliphatic rings. The molecule has 2 aromatic heterocycles. The van der Waals surface area contributed by atoms with Crippen LogP contribution in [0.4, 0.5) is 5.13 Å². The van der Waals surface area contributed by atoms with Gasteiger partial charge in [-0.25, -0.2) is 4.98 Å². The minimum absolute atomic E-state index is 0. The van der Waals surface area contributed by atoms with Gasteiger partial charge >= 0.3 is 35.5 Å². The van der Waals surface area contributed by atoms with Crippen LogP contribution in [0, 0.1) is 5.41 Å². The van der Waals surface area contributed by atoms with E-state index < -0.39 is 17.4 Å². The number of thiazole rings is 1. The Morgan fingerprint density at radius 2 is 2.05 bits per heavy atom. The van der Waals surface area contributed by atoms with Gasteiger partial charge in [0, 0.05) is 41.5 Å². The number of aromatic nitrogens is 3. The van der Waals surface area contributed by atoms with Crippen molar-refractivity contribution >= 4 is 86.8 Å². The molecular weight excluding hydrogens is 592 g/mol. The first-order valence-corrected chi connectivity index (χ1v) is 15.2. The van der Waals surface area contributed by atoms with Crippen LogP contribution in [-0.4, -0.2) is 85.7 Å². The predicted molar refractivity (Wildman–Crippen MR) is 136 cm³/mol. The molecule has 2 unspecified atom stereocenters. The zero-order chi connectivity index (χ0) is 25.9. The van der Waals surface area contributed by atoms with Crippen molar-refractivity contribution in [1.29, 1.82) is 0 Å². The van der Waals surface area contributed by atoms with E-state index in [4.69, 9.17) is 10.5 Å². The van der Waals surface area contributed by atoms with Gasteiger partial charge in [0.15, 0.2) is 13.8 Å². The van der Waals surface area contributed by atoms with Crippen molar-refractivity contribution in [3.8, 4) is 0 Å². The molecule has 2 amide bonds. The van der Waals surface area contributed by atoms with E-state index in [-0.39, 0.29) is 83.8 Å². The number of rotatable bonds is 11. The van der Waals surface area contributed by atoms with Crippen LogP contribution in [0.1, 0.15) is 12.6 Å². The van der Waals surface area contributed by atoms with Crippen LogP contribution in [0.25, 0.3) is 0 Å². The van der Waals surface area contributed by atoms with Crippen molar-refractivity contribution in [3.63, 3.8) is 0 Å². The summed E-state index contributed by atoms with van der Waals surface area (Å²) < 4.78 is 6.16. The minimum atomic E-state index is -1.26. The van der Waals surface area contributed by atoms with Gasteiger partial charge in [0.25, 0.3) is 0 Å². The van der Waals surface area contributed by atoms with E-state index >= 15 is 0 Å². The fourth-order valence-corrected chi connectivity index (χ4v) is 8.84. The van der Waals surface area contributed by atoms with Crippen LogP contribution in [-0.2, 0) is 30.3 Å². The van der Waals surface area contributed by atoms with Gasteiger partial charge in [-0.2, -0.15) is 0 Å². The van der Waals surface area contributed by atoms with Gasteiger partial charge in [-0.15, -0.1) is 33.3 Å². The van der Waals surface area contributed by atoms with E-state index in [9.17, 15) is 24.3 Å². The monoisotopic (exact) mass is 612 g/mol. The molecule has 2 fully saturated rings. The van der Waals surface area contributed by atoms with Crippen LogP contribution in [0.2, 0.25) is 0 Å².